The first kappa shape index (κ1) is 20.6. The van der Waals surface area contributed by atoms with Crippen LogP contribution >= 0.6 is 22.9 Å². The van der Waals surface area contributed by atoms with E-state index in [2.05, 4.69) is 17.4 Å². The van der Waals surface area contributed by atoms with E-state index < -0.39 is 17.7 Å². The Morgan fingerprint density at radius 3 is 2.60 bits per heavy atom. The number of rotatable bonds is 4. The molecule has 1 aliphatic rings. The second-order valence-electron chi connectivity index (χ2n) is 7.10. The smallest absolute Gasteiger partial charge is 0.341 e. The van der Waals surface area contributed by atoms with Gasteiger partial charge in [0.15, 0.2) is 0 Å². The van der Waals surface area contributed by atoms with E-state index in [1.54, 1.807) is 0 Å². The van der Waals surface area contributed by atoms with Crippen LogP contribution in [-0.2, 0) is 17.6 Å². The quantitative estimate of drug-likeness (QED) is 0.514. The number of halogens is 2. The number of hydrogen-bond donors (Lipinski definition) is 1. The van der Waals surface area contributed by atoms with Crippen molar-refractivity contribution in [3.8, 4) is 0 Å². The summed E-state index contributed by atoms with van der Waals surface area (Å²) in [5, 5.41) is 3.07. The Kier molecular flexibility index (Phi) is 5.88. The number of carbonyl (C=O) groups is 2. The van der Waals surface area contributed by atoms with E-state index in [-0.39, 0.29) is 10.6 Å². The first-order valence-corrected chi connectivity index (χ1v) is 10.7. The third kappa shape index (κ3) is 3.85. The number of hydrogen-bond acceptors (Lipinski definition) is 4. The van der Waals surface area contributed by atoms with E-state index in [1.165, 1.54) is 42.2 Å². The Bertz CT molecular complexity index is 1090. The van der Waals surface area contributed by atoms with Crippen LogP contribution < -0.4 is 5.32 Å². The number of benzene rings is 2. The predicted octanol–water partition coefficient (Wildman–Crippen LogP) is 5.85. The molecule has 1 aliphatic carbocycles. The molecule has 4 rings (SSSR count). The Hall–Kier alpha value is -2.70. The van der Waals surface area contributed by atoms with Gasteiger partial charge in [-0.1, -0.05) is 48.0 Å². The molecule has 1 aromatic heterocycles. The highest BCUT2D eigenvalue weighted by Gasteiger charge is 2.31. The lowest BCUT2D eigenvalue weighted by Gasteiger charge is -2.22. The van der Waals surface area contributed by atoms with Crippen LogP contribution in [0.1, 0.15) is 49.1 Å². The van der Waals surface area contributed by atoms with Crippen LogP contribution in [0.15, 0.2) is 48.5 Å². The van der Waals surface area contributed by atoms with Gasteiger partial charge in [-0.25, -0.2) is 9.18 Å². The van der Waals surface area contributed by atoms with E-state index in [9.17, 15) is 14.0 Å². The summed E-state index contributed by atoms with van der Waals surface area (Å²) in [4.78, 5) is 26.3. The van der Waals surface area contributed by atoms with Crippen LogP contribution in [0, 0.1) is 5.82 Å². The minimum absolute atomic E-state index is 0.0116. The molecule has 0 saturated carbocycles. The summed E-state index contributed by atoms with van der Waals surface area (Å²) < 4.78 is 19.1. The zero-order valence-corrected chi connectivity index (χ0v) is 17.8. The number of amides is 1. The first-order chi connectivity index (χ1) is 14.5. The van der Waals surface area contributed by atoms with Gasteiger partial charge >= 0.3 is 5.97 Å². The maximum atomic E-state index is 14.2. The topological polar surface area (TPSA) is 55.4 Å². The number of anilines is 1. The molecule has 3 aromatic rings. The lowest BCUT2D eigenvalue weighted by atomic mass is 9.83. The van der Waals surface area contributed by atoms with E-state index in [4.69, 9.17) is 16.3 Å². The van der Waals surface area contributed by atoms with Crippen molar-refractivity contribution in [3.05, 3.63) is 86.5 Å². The first-order valence-electron chi connectivity index (χ1n) is 9.52. The van der Waals surface area contributed by atoms with Crippen molar-refractivity contribution < 1.29 is 18.7 Å². The summed E-state index contributed by atoms with van der Waals surface area (Å²) >= 11 is 7.36. The zero-order chi connectivity index (χ0) is 21.3. The number of fused-ring (bicyclic) bond motifs is 1. The molecule has 1 amide bonds. The average Bonchev–Trinajstić information content (AvgIpc) is 3.10. The van der Waals surface area contributed by atoms with Gasteiger partial charge in [0.25, 0.3) is 5.91 Å². The summed E-state index contributed by atoms with van der Waals surface area (Å²) in [5.74, 6) is -1.58. The van der Waals surface area contributed by atoms with Crippen molar-refractivity contribution >= 4 is 39.8 Å². The third-order valence-corrected chi connectivity index (χ3v) is 6.83. The van der Waals surface area contributed by atoms with Crippen LogP contribution in [0.4, 0.5) is 9.39 Å². The van der Waals surface area contributed by atoms with Crippen molar-refractivity contribution in [1.29, 1.82) is 0 Å². The Morgan fingerprint density at radius 2 is 1.90 bits per heavy atom. The molecular formula is C23H19ClFNO3S. The molecule has 1 heterocycles. The van der Waals surface area contributed by atoms with Crippen LogP contribution in [-0.4, -0.2) is 19.0 Å². The van der Waals surface area contributed by atoms with Crippen LogP contribution in [0.25, 0.3) is 0 Å². The molecule has 0 unspecified atom stereocenters. The molecule has 0 fully saturated rings. The maximum absolute atomic E-state index is 14.2. The number of nitrogens with one attached hydrogen (secondary N) is 1. The fourth-order valence-electron chi connectivity index (χ4n) is 3.88. The fourth-order valence-corrected chi connectivity index (χ4v) is 5.44. The molecule has 0 saturated heterocycles. The van der Waals surface area contributed by atoms with Crippen molar-refractivity contribution in [2.24, 2.45) is 0 Å². The molecule has 0 spiro atoms. The van der Waals surface area contributed by atoms with E-state index in [0.29, 0.717) is 22.9 Å². The van der Waals surface area contributed by atoms with E-state index >= 15 is 0 Å². The number of ether oxygens (including phenoxy) is 1. The number of thiophene rings is 1. The van der Waals surface area contributed by atoms with Gasteiger partial charge in [0.05, 0.1) is 23.3 Å². The minimum Gasteiger partial charge on any atom is -0.465 e. The lowest BCUT2D eigenvalue weighted by Crippen LogP contribution is -2.17. The molecule has 0 bridgehead atoms. The molecule has 1 atom stereocenters. The number of carbonyl (C=O) groups excluding carboxylic acids is 2. The van der Waals surface area contributed by atoms with Crippen molar-refractivity contribution in [3.63, 3.8) is 0 Å². The van der Waals surface area contributed by atoms with Gasteiger partial charge < -0.3 is 10.1 Å². The molecule has 2 aromatic carbocycles. The van der Waals surface area contributed by atoms with Crippen LogP contribution in [0.2, 0.25) is 5.02 Å². The highest BCUT2D eigenvalue weighted by molar-refractivity contribution is 7.17. The van der Waals surface area contributed by atoms with Gasteiger partial charge in [0.2, 0.25) is 0 Å². The van der Waals surface area contributed by atoms with Gasteiger partial charge in [-0.2, -0.15) is 0 Å². The van der Waals surface area contributed by atoms with Gasteiger partial charge in [-0.3, -0.25) is 4.79 Å². The number of methoxy groups -OCH3 is 1. The van der Waals surface area contributed by atoms with E-state index in [0.717, 1.165) is 23.3 Å². The molecule has 4 nitrogen and oxygen atoms in total. The number of esters is 1. The highest BCUT2D eigenvalue weighted by Crippen LogP contribution is 2.43. The minimum atomic E-state index is -0.718. The van der Waals surface area contributed by atoms with Gasteiger partial charge in [-0.05, 0) is 48.4 Å². The van der Waals surface area contributed by atoms with Crippen molar-refractivity contribution in [2.75, 3.05) is 12.4 Å². The second kappa shape index (κ2) is 8.58. The lowest BCUT2D eigenvalue weighted by molar-refractivity contribution is 0.0601. The standard InChI is InChI=1S/C23H19ClFNO3S/c1-29-23(28)19-15-11-10-14(13-6-3-2-4-7-13)12-18(15)30-22(19)26-21(27)20-16(24)8-5-9-17(20)25/h2-9,14H,10-12H2,1H3,(H,26,27)/t14-/m1/s1. The molecule has 30 heavy (non-hydrogen) atoms. The Labute approximate surface area is 182 Å². The van der Waals surface area contributed by atoms with Crippen LogP contribution in [0.5, 0.6) is 0 Å². The SMILES string of the molecule is COC(=O)c1c(NC(=O)c2c(F)cccc2Cl)sc2c1CC[C@@H](c1ccccc1)C2. The highest BCUT2D eigenvalue weighted by atomic mass is 35.5. The summed E-state index contributed by atoms with van der Waals surface area (Å²) in [6, 6.07) is 14.3. The second-order valence-corrected chi connectivity index (χ2v) is 8.61. The van der Waals surface area contributed by atoms with Gasteiger partial charge in [-0.15, -0.1) is 11.3 Å². The molecule has 0 aliphatic heterocycles. The summed E-state index contributed by atoms with van der Waals surface area (Å²) in [6.45, 7) is 0. The monoisotopic (exact) mass is 443 g/mol. The maximum Gasteiger partial charge on any atom is 0.341 e. The van der Waals surface area contributed by atoms with Crippen molar-refractivity contribution in [2.45, 2.75) is 25.2 Å². The normalized spacial score (nSPS) is 15.4. The van der Waals surface area contributed by atoms with Crippen LogP contribution in [0.3, 0.4) is 0 Å². The zero-order valence-electron chi connectivity index (χ0n) is 16.2. The Balaban J connectivity index is 1.68. The molecular weight excluding hydrogens is 425 g/mol. The summed E-state index contributed by atoms with van der Waals surface area (Å²) in [7, 11) is 1.31. The molecule has 1 N–H and O–H groups in total. The summed E-state index contributed by atoms with van der Waals surface area (Å²) in [6.07, 6.45) is 2.36. The third-order valence-electron chi connectivity index (χ3n) is 5.34. The summed E-state index contributed by atoms with van der Waals surface area (Å²) in [5.41, 5.74) is 2.25. The largest absolute Gasteiger partial charge is 0.465 e. The van der Waals surface area contributed by atoms with Crippen molar-refractivity contribution in [1.82, 2.24) is 0 Å². The Morgan fingerprint density at radius 1 is 1.13 bits per heavy atom. The average molecular weight is 444 g/mol. The fraction of sp³-hybridized carbons (Fsp3) is 0.217. The molecule has 154 valence electrons. The molecule has 7 heteroatoms. The van der Waals surface area contributed by atoms with E-state index in [1.807, 2.05) is 18.2 Å². The van der Waals surface area contributed by atoms with Gasteiger partial charge in [0, 0.05) is 4.88 Å². The van der Waals surface area contributed by atoms with Gasteiger partial charge in [0.1, 0.15) is 10.8 Å². The predicted molar refractivity (Wildman–Crippen MR) is 116 cm³/mol. The molecule has 0 radical (unpaired) electrons.